The van der Waals surface area contributed by atoms with E-state index < -0.39 is 9.84 Å². The molecule has 1 aliphatic heterocycles. The molecule has 0 aliphatic carbocycles. The summed E-state index contributed by atoms with van der Waals surface area (Å²) in [5, 5.41) is 6.83. The van der Waals surface area contributed by atoms with Crippen molar-refractivity contribution in [3.8, 4) is 0 Å². The van der Waals surface area contributed by atoms with Gasteiger partial charge in [-0.05, 0) is 31.7 Å². The average molecular weight is 368 g/mol. The highest BCUT2D eigenvalue weighted by Gasteiger charge is 2.29. The van der Waals surface area contributed by atoms with Crippen LogP contribution in [0.5, 0.6) is 0 Å². The number of carbonyl (C=O) groups excluding carboxylic acids is 1. The van der Waals surface area contributed by atoms with Crippen molar-refractivity contribution in [2.24, 2.45) is 5.92 Å². The molecule has 1 atom stereocenters. The first kappa shape index (κ1) is 17.1. The molecule has 24 heavy (non-hydrogen) atoms. The summed E-state index contributed by atoms with van der Waals surface area (Å²) in [6.45, 7) is 2.83. The van der Waals surface area contributed by atoms with Crippen molar-refractivity contribution in [2.45, 2.75) is 26.3 Å². The van der Waals surface area contributed by atoms with E-state index in [1.807, 2.05) is 6.92 Å². The number of aryl methyl sites for hydroxylation is 1. The number of hydrogen-bond acceptors (Lipinski definition) is 6. The predicted molar refractivity (Wildman–Crippen MR) is 91.6 cm³/mol. The van der Waals surface area contributed by atoms with Crippen LogP contribution in [0.15, 0.2) is 17.8 Å². The Morgan fingerprint density at radius 1 is 1.50 bits per heavy atom. The monoisotopic (exact) mass is 368 g/mol. The standard InChI is InChI=1S/C15H20N4O3S2/c1-11-6-14(18-17-11)15(20)19(8-13-7-16-10-23-13)4-2-12-3-5-24(21,22)9-12/h6-7,10,12H,2-5,8-9H2,1H3,(H,17,18). The van der Waals surface area contributed by atoms with Crippen LogP contribution in [0.4, 0.5) is 0 Å². The number of hydrogen-bond donors (Lipinski definition) is 1. The van der Waals surface area contributed by atoms with Crippen molar-refractivity contribution in [1.29, 1.82) is 0 Å². The van der Waals surface area contributed by atoms with Crippen molar-refractivity contribution in [3.05, 3.63) is 34.0 Å². The molecule has 7 nitrogen and oxygen atoms in total. The lowest BCUT2D eigenvalue weighted by atomic mass is 10.0. The number of sulfone groups is 1. The minimum absolute atomic E-state index is 0.132. The van der Waals surface area contributed by atoms with Crippen molar-refractivity contribution >= 4 is 27.1 Å². The fraction of sp³-hybridized carbons (Fsp3) is 0.533. The first-order valence-corrected chi connectivity index (χ1v) is 10.5. The second kappa shape index (κ2) is 7.02. The number of rotatable bonds is 6. The number of nitrogens with zero attached hydrogens (tertiary/aromatic N) is 3. The summed E-state index contributed by atoms with van der Waals surface area (Å²) in [5.74, 6) is 0.483. The van der Waals surface area contributed by atoms with Crippen molar-refractivity contribution in [1.82, 2.24) is 20.1 Å². The summed E-state index contributed by atoms with van der Waals surface area (Å²) in [6.07, 6.45) is 3.13. The summed E-state index contributed by atoms with van der Waals surface area (Å²) in [6, 6.07) is 1.72. The molecule has 1 N–H and O–H groups in total. The first-order valence-electron chi connectivity index (χ1n) is 7.82. The number of thiazole rings is 1. The van der Waals surface area contributed by atoms with Gasteiger partial charge in [-0.2, -0.15) is 5.10 Å². The molecule has 3 rings (SSSR count). The maximum atomic E-state index is 12.7. The molecule has 2 aromatic heterocycles. The fourth-order valence-corrected chi connectivity index (χ4v) is 5.41. The highest BCUT2D eigenvalue weighted by molar-refractivity contribution is 7.91. The highest BCUT2D eigenvalue weighted by atomic mass is 32.2. The molecule has 2 aromatic rings. The SMILES string of the molecule is Cc1cc(C(=O)N(CCC2CCS(=O)(=O)C2)Cc2cncs2)n[nH]1. The average Bonchev–Trinajstić information content (AvgIpc) is 3.25. The molecular weight excluding hydrogens is 348 g/mol. The summed E-state index contributed by atoms with van der Waals surface area (Å²) in [7, 11) is -2.89. The predicted octanol–water partition coefficient (Wildman–Crippen LogP) is 1.64. The lowest BCUT2D eigenvalue weighted by Gasteiger charge is -2.22. The molecule has 0 spiro atoms. The van der Waals surface area contributed by atoms with E-state index in [0.29, 0.717) is 31.6 Å². The third-order valence-corrected chi connectivity index (χ3v) is 6.78. The Labute approximate surface area is 145 Å². The van der Waals surface area contributed by atoms with Gasteiger partial charge in [0.05, 0.1) is 23.6 Å². The van der Waals surface area contributed by atoms with Gasteiger partial charge in [0, 0.05) is 23.3 Å². The molecule has 1 unspecified atom stereocenters. The molecule has 0 bridgehead atoms. The van der Waals surface area contributed by atoms with E-state index in [4.69, 9.17) is 0 Å². The van der Waals surface area contributed by atoms with Gasteiger partial charge < -0.3 is 4.90 Å². The Morgan fingerprint density at radius 2 is 2.33 bits per heavy atom. The van der Waals surface area contributed by atoms with Gasteiger partial charge in [0.15, 0.2) is 9.84 Å². The van der Waals surface area contributed by atoms with Crippen molar-refractivity contribution in [2.75, 3.05) is 18.1 Å². The van der Waals surface area contributed by atoms with Gasteiger partial charge in [0.2, 0.25) is 0 Å². The minimum atomic E-state index is -2.89. The quantitative estimate of drug-likeness (QED) is 0.836. The van der Waals surface area contributed by atoms with Crippen LogP contribution in [-0.4, -0.2) is 52.5 Å². The summed E-state index contributed by atoms with van der Waals surface area (Å²) in [4.78, 5) is 19.5. The third kappa shape index (κ3) is 4.21. The zero-order valence-corrected chi connectivity index (χ0v) is 15.1. The minimum Gasteiger partial charge on any atom is -0.332 e. The van der Waals surface area contributed by atoms with E-state index in [1.165, 1.54) is 11.3 Å². The Morgan fingerprint density at radius 3 is 2.92 bits per heavy atom. The number of amides is 1. The summed E-state index contributed by atoms with van der Waals surface area (Å²) in [5.41, 5.74) is 2.95. The van der Waals surface area contributed by atoms with Crippen LogP contribution in [0.3, 0.4) is 0 Å². The molecule has 0 radical (unpaired) electrons. The zero-order chi connectivity index (χ0) is 17.2. The Bertz CT molecular complexity index is 799. The van der Waals surface area contributed by atoms with Gasteiger partial charge in [0.25, 0.3) is 5.91 Å². The van der Waals surface area contributed by atoms with Gasteiger partial charge in [-0.15, -0.1) is 11.3 Å². The number of aromatic nitrogens is 3. The molecular formula is C15H20N4O3S2. The van der Waals surface area contributed by atoms with Gasteiger partial charge in [-0.1, -0.05) is 0 Å². The largest absolute Gasteiger partial charge is 0.332 e. The van der Waals surface area contributed by atoms with E-state index >= 15 is 0 Å². The summed E-state index contributed by atoms with van der Waals surface area (Å²) >= 11 is 1.50. The molecule has 0 aromatic carbocycles. The molecule has 3 heterocycles. The smallest absolute Gasteiger partial charge is 0.274 e. The second-order valence-corrected chi connectivity index (χ2v) is 9.39. The van der Waals surface area contributed by atoms with E-state index in [0.717, 1.165) is 10.6 Å². The normalized spacial score (nSPS) is 19.5. The molecule has 0 saturated carbocycles. The van der Waals surface area contributed by atoms with Gasteiger partial charge in [-0.3, -0.25) is 14.9 Å². The maximum Gasteiger partial charge on any atom is 0.274 e. The molecule has 1 aliphatic rings. The van der Waals surface area contributed by atoms with Gasteiger partial charge in [-0.25, -0.2) is 8.42 Å². The Hall–Kier alpha value is -1.74. The highest BCUT2D eigenvalue weighted by Crippen LogP contribution is 2.23. The number of H-pyrrole nitrogens is 1. The van der Waals surface area contributed by atoms with E-state index in [9.17, 15) is 13.2 Å². The van der Waals surface area contributed by atoms with Crippen LogP contribution in [0, 0.1) is 12.8 Å². The summed E-state index contributed by atoms with van der Waals surface area (Å²) < 4.78 is 23.2. The topological polar surface area (TPSA) is 96.0 Å². The lowest BCUT2D eigenvalue weighted by Crippen LogP contribution is -2.32. The molecule has 1 fully saturated rings. The van der Waals surface area contributed by atoms with Crippen LogP contribution < -0.4 is 0 Å². The molecule has 1 amide bonds. The van der Waals surface area contributed by atoms with Crippen LogP contribution in [0.25, 0.3) is 0 Å². The lowest BCUT2D eigenvalue weighted by molar-refractivity contribution is 0.0730. The van der Waals surface area contributed by atoms with Gasteiger partial charge in [0.1, 0.15) is 5.69 Å². The maximum absolute atomic E-state index is 12.7. The van der Waals surface area contributed by atoms with E-state index in [-0.39, 0.29) is 23.3 Å². The van der Waals surface area contributed by atoms with Crippen molar-refractivity contribution < 1.29 is 13.2 Å². The molecule has 9 heteroatoms. The van der Waals surface area contributed by atoms with E-state index in [1.54, 1.807) is 22.7 Å². The number of aromatic amines is 1. The Kier molecular flexibility index (Phi) is 5.00. The molecule has 130 valence electrons. The zero-order valence-electron chi connectivity index (χ0n) is 13.4. The van der Waals surface area contributed by atoms with Crippen LogP contribution in [0.2, 0.25) is 0 Å². The van der Waals surface area contributed by atoms with E-state index in [2.05, 4.69) is 15.2 Å². The fourth-order valence-electron chi connectivity index (χ4n) is 2.89. The number of nitrogens with one attached hydrogen (secondary N) is 1. The van der Waals surface area contributed by atoms with Crippen LogP contribution in [0.1, 0.15) is 33.9 Å². The van der Waals surface area contributed by atoms with Crippen molar-refractivity contribution in [3.63, 3.8) is 0 Å². The number of carbonyl (C=O) groups is 1. The van der Waals surface area contributed by atoms with Crippen LogP contribution >= 0.6 is 11.3 Å². The Balaban J connectivity index is 1.68. The first-order chi connectivity index (χ1) is 11.4. The second-order valence-electron chi connectivity index (χ2n) is 6.19. The van der Waals surface area contributed by atoms with Gasteiger partial charge >= 0.3 is 0 Å². The third-order valence-electron chi connectivity index (χ3n) is 4.18. The molecule has 1 saturated heterocycles. The van der Waals surface area contributed by atoms with Crippen LogP contribution in [-0.2, 0) is 16.4 Å².